The summed E-state index contributed by atoms with van der Waals surface area (Å²) in [5.41, 5.74) is 1.23. The van der Waals surface area contributed by atoms with Crippen molar-refractivity contribution in [3.05, 3.63) is 83.3 Å². The number of aryl methyl sites for hydroxylation is 1. The third-order valence-electron chi connectivity index (χ3n) is 4.38. The number of carbonyl (C=O) groups is 1. The standard InChI is InChI=1S/C23H20N2O6S/c1-16-5-8-20(9-6-16)32(27,28)31-21-10-7-17(13-22(21)29-2)12-18(14-24)23(26)25-15-19-4-3-11-30-19/h3-13H,15H2,1-2H3,(H,25,26)/b18-12+. The number of benzene rings is 2. The predicted molar refractivity (Wildman–Crippen MR) is 116 cm³/mol. The second-order valence-electron chi connectivity index (χ2n) is 6.69. The van der Waals surface area contributed by atoms with E-state index in [4.69, 9.17) is 13.3 Å². The minimum absolute atomic E-state index is 0.00844. The van der Waals surface area contributed by atoms with Crippen LogP contribution in [-0.4, -0.2) is 21.4 Å². The van der Waals surface area contributed by atoms with Gasteiger partial charge in [-0.05, 0) is 55.0 Å². The average Bonchev–Trinajstić information content (AvgIpc) is 3.30. The summed E-state index contributed by atoms with van der Waals surface area (Å²) >= 11 is 0. The largest absolute Gasteiger partial charge is 0.493 e. The molecule has 1 aromatic heterocycles. The van der Waals surface area contributed by atoms with Crippen LogP contribution in [-0.2, 0) is 21.5 Å². The molecular weight excluding hydrogens is 432 g/mol. The zero-order chi connectivity index (χ0) is 23.1. The van der Waals surface area contributed by atoms with Gasteiger partial charge in [0, 0.05) is 0 Å². The van der Waals surface area contributed by atoms with Gasteiger partial charge in [0.1, 0.15) is 22.3 Å². The van der Waals surface area contributed by atoms with Crippen molar-refractivity contribution < 1.29 is 26.5 Å². The number of furan rings is 1. The van der Waals surface area contributed by atoms with Crippen LogP contribution < -0.4 is 14.2 Å². The molecule has 0 radical (unpaired) electrons. The minimum Gasteiger partial charge on any atom is -0.493 e. The monoisotopic (exact) mass is 452 g/mol. The number of hydrogen-bond donors (Lipinski definition) is 1. The summed E-state index contributed by atoms with van der Waals surface area (Å²) in [6, 6.07) is 15.9. The quantitative estimate of drug-likeness (QED) is 0.315. The lowest BCUT2D eigenvalue weighted by Gasteiger charge is -2.12. The van der Waals surface area contributed by atoms with Gasteiger partial charge in [-0.3, -0.25) is 4.79 Å². The maximum atomic E-state index is 12.6. The number of ether oxygens (including phenoxy) is 1. The summed E-state index contributed by atoms with van der Waals surface area (Å²) in [5.74, 6) is 0.0764. The Labute approximate surface area is 185 Å². The molecule has 3 rings (SSSR count). The van der Waals surface area contributed by atoms with Crippen LogP contribution in [0.1, 0.15) is 16.9 Å². The van der Waals surface area contributed by atoms with Crippen LogP contribution in [0.5, 0.6) is 11.5 Å². The van der Waals surface area contributed by atoms with Gasteiger partial charge in [0.05, 0.1) is 19.9 Å². The van der Waals surface area contributed by atoms with Gasteiger partial charge < -0.3 is 18.7 Å². The molecule has 1 amide bonds. The fourth-order valence-electron chi connectivity index (χ4n) is 2.71. The highest BCUT2D eigenvalue weighted by atomic mass is 32.2. The molecule has 0 aliphatic rings. The number of nitriles is 1. The van der Waals surface area contributed by atoms with Gasteiger partial charge in [-0.1, -0.05) is 23.8 Å². The second kappa shape index (κ2) is 9.85. The minimum atomic E-state index is -4.07. The van der Waals surface area contributed by atoms with E-state index >= 15 is 0 Å². The molecule has 3 aromatic rings. The molecule has 32 heavy (non-hydrogen) atoms. The van der Waals surface area contributed by atoms with Crippen LogP contribution in [0.15, 0.2) is 75.7 Å². The van der Waals surface area contributed by atoms with Crippen molar-refractivity contribution in [1.82, 2.24) is 5.32 Å². The third-order valence-corrected chi connectivity index (χ3v) is 5.62. The van der Waals surface area contributed by atoms with Crippen molar-refractivity contribution in [3.8, 4) is 17.6 Å². The maximum Gasteiger partial charge on any atom is 0.339 e. The van der Waals surface area contributed by atoms with Gasteiger partial charge in [-0.2, -0.15) is 13.7 Å². The second-order valence-corrected chi connectivity index (χ2v) is 8.24. The van der Waals surface area contributed by atoms with Crippen LogP contribution in [0.25, 0.3) is 6.08 Å². The molecule has 2 aromatic carbocycles. The molecule has 0 atom stereocenters. The first-order valence-corrected chi connectivity index (χ1v) is 10.8. The van der Waals surface area contributed by atoms with Gasteiger partial charge in [0.25, 0.3) is 5.91 Å². The molecule has 0 saturated carbocycles. The summed E-state index contributed by atoms with van der Waals surface area (Å²) in [6.07, 6.45) is 2.84. The topological polar surface area (TPSA) is 119 Å². The summed E-state index contributed by atoms with van der Waals surface area (Å²) in [6.45, 7) is 1.98. The number of hydrogen-bond acceptors (Lipinski definition) is 7. The zero-order valence-corrected chi connectivity index (χ0v) is 18.2. The highest BCUT2D eigenvalue weighted by Gasteiger charge is 2.19. The lowest BCUT2D eigenvalue weighted by Crippen LogP contribution is -2.23. The van der Waals surface area contributed by atoms with Crippen LogP contribution in [0.3, 0.4) is 0 Å². The molecule has 0 spiro atoms. The Hall–Kier alpha value is -4.03. The number of amides is 1. The first-order valence-electron chi connectivity index (χ1n) is 9.44. The lowest BCUT2D eigenvalue weighted by atomic mass is 10.1. The molecule has 1 heterocycles. The molecule has 0 aliphatic carbocycles. The van der Waals surface area contributed by atoms with E-state index in [0.717, 1.165) is 5.56 Å². The number of nitrogens with one attached hydrogen (secondary N) is 1. The van der Waals surface area contributed by atoms with Crippen molar-refractivity contribution in [2.75, 3.05) is 7.11 Å². The van der Waals surface area contributed by atoms with E-state index in [1.165, 1.54) is 49.8 Å². The van der Waals surface area contributed by atoms with Gasteiger partial charge in [-0.15, -0.1) is 0 Å². The number of methoxy groups -OCH3 is 1. The summed E-state index contributed by atoms with van der Waals surface area (Å²) in [7, 11) is -2.71. The average molecular weight is 452 g/mol. The summed E-state index contributed by atoms with van der Waals surface area (Å²) in [4.78, 5) is 12.3. The molecule has 0 aliphatic heterocycles. The first-order chi connectivity index (χ1) is 15.3. The van der Waals surface area contributed by atoms with E-state index in [9.17, 15) is 18.5 Å². The molecule has 0 bridgehead atoms. The van der Waals surface area contributed by atoms with Gasteiger partial charge >= 0.3 is 10.1 Å². The van der Waals surface area contributed by atoms with Gasteiger partial charge in [0.2, 0.25) is 0 Å². The van der Waals surface area contributed by atoms with Crippen molar-refractivity contribution in [2.24, 2.45) is 0 Å². The van der Waals surface area contributed by atoms with E-state index in [0.29, 0.717) is 11.3 Å². The number of rotatable bonds is 8. The molecule has 8 nitrogen and oxygen atoms in total. The van der Waals surface area contributed by atoms with E-state index in [1.54, 1.807) is 24.3 Å². The molecular formula is C23H20N2O6S. The normalized spacial score (nSPS) is 11.5. The smallest absolute Gasteiger partial charge is 0.339 e. The maximum absolute atomic E-state index is 12.6. The molecule has 0 unspecified atom stereocenters. The van der Waals surface area contributed by atoms with Crippen molar-refractivity contribution in [2.45, 2.75) is 18.4 Å². The number of carbonyl (C=O) groups excluding carboxylic acids is 1. The Balaban J connectivity index is 1.79. The van der Waals surface area contributed by atoms with E-state index in [1.807, 2.05) is 13.0 Å². The zero-order valence-electron chi connectivity index (χ0n) is 17.4. The Morgan fingerprint density at radius 3 is 2.53 bits per heavy atom. The SMILES string of the molecule is COc1cc(/C=C(\C#N)C(=O)NCc2ccco2)ccc1OS(=O)(=O)c1ccc(C)cc1. The van der Waals surface area contributed by atoms with Crippen molar-refractivity contribution in [1.29, 1.82) is 5.26 Å². The van der Waals surface area contributed by atoms with Gasteiger partial charge in [0.15, 0.2) is 11.5 Å². The summed E-state index contributed by atoms with van der Waals surface area (Å²) in [5, 5.41) is 11.9. The molecule has 1 N–H and O–H groups in total. The Morgan fingerprint density at radius 2 is 1.91 bits per heavy atom. The molecule has 9 heteroatoms. The highest BCUT2D eigenvalue weighted by molar-refractivity contribution is 7.87. The van der Waals surface area contributed by atoms with E-state index < -0.39 is 16.0 Å². The Morgan fingerprint density at radius 1 is 1.16 bits per heavy atom. The predicted octanol–water partition coefficient (Wildman–Crippen LogP) is 3.59. The Kier molecular flexibility index (Phi) is 6.97. The molecule has 0 saturated heterocycles. The van der Waals surface area contributed by atoms with Crippen molar-refractivity contribution >= 4 is 22.1 Å². The van der Waals surface area contributed by atoms with E-state index in [-0.39, 0.29) is 28.5 Å². The first kappa shape index (κ1) is 22.7. The van der Waals surface area contributed by atoms with Crippen LogP contribution in [0, 0.1) is 18.3 Å². The number of nitrogens with zero attached hydrogens (tertiary/aromatic N) is 1. The lowest BCUT2D eigenvalue weighted by molar-refractivity contribution is -0.117. The van der Waals surface area contributed by atoms with Gasteiger partial charge in [-0.25, -0.2) is 0 Å². The Bertz CT molecular complexity index is 1270. The van der Waals surface area contributed by atoms with Crippen LogP contribution in [0.4, 0.5) is 0 Å². The fourth-order valence-corrected chi connectivity index (χ4v) is 3.64. The molecule has 0 fully saturated rings. The van der Waals surface area contributed by atoms with Crippen molar-refractivity contribution in [3.63, 3.8) is 0 Å². The van der Waals surface area contributed by atoms with Crippen LogP contribution >= 0.6 is 0 Å². The fraction of sp³-hybridized carbons (Fsp3) is 0.130. The van der Waals surface area contributed by atoms with E-state index in [2.05, 4.69) is 5.32 Å². The third kappa shape index (κ3) is 5.56. The summed E-state index contributed by atoms with van der Waals surface area (Å²) < 4.78 is 40.7. The highest BCUT2D eigenvalue weighted by Crippen LogP contribution is 2.31. The van der Waals surface area contributed by atoms with Crippen LogP contribution in [0.2, 0.25) is 0 Å². The molecule has 164 valence electrons.